The normalized spacial score (nSPS) is 28.0. The van der Waals surface area contributed by atoms with Crippen LogP contribution in [0.1, 0.15) is 40.0 Å². The van der Waals surface area contributed by atoms with Crippen LogP contribution in [0, 0.1) is 16.7 Å². The summed E-state index contributed by atoms with van der Waals surface area (Å²) in [5.74, 6) is 1.30. The summed E-state index contributed by atoms with van der Waals surface area (Å²) in [6, 6.07) is 8.83. The summed E-state index contributed by atoms with van der Waals surface area (Å²) in [7, 11) is 0. The molecule has 2 atom stereocenters. The average molecular weight is 303 g/mol. The minimum Gasteiger partial charge on any atom is -0.426 e. The van der Waals surface area contributed by atoms with Crippen molar-refractivity contribution in [1.82, 2.24) is 0 Å². The Morgan fingerprint density at radius 3 is 2.27 bits per heavy atom. The van der Waals surface area contributed by atoms with E-state index in [9.17, 15) is 9.59 Å². The number of esters is 1. The molecule has 3 rings (SSSR count). The summed E-state index contributed by atoms with van der Waals surface area (Å²) in [6.45, 7) is 6.59. The Labute approximate surface area is 132 Å². The summed E-state index contributed by atoms with van der Waals surface area (Å²) in [5, 5.41) is 0. The lowest BCUT2D eigenvalue weighted by atomic mass is 9.70. The van der Waals surface area contributed by atoms with E-state index >= 15 is 0 Å². The summed E-state index contributed by atoms with van der Waals surface area (Å²) in [6.07, 6.45) is 3.25. The van der Waals surface area contributed by atoms with Gasteiger partial charge in [0.1, 0.15) is 11.5 Å². The maximum atomic E-state index is 11.6. The summed E-state index contributed by atoms with van der Waals surface area (Å²) in [5.41, 5.74) is 5.35. The number of benzene rings is 1. The monoisotopic (exact) mass is 303 g/mol. The molecule has 0 aliphatic heterocycles. The van der Waals surface area contributed by atoms with Gasteiger partial charge in [-0.1, -0.05) is 39.0 Å². The number of Topliss-reactive ketones (excluding diaryl/α,β-unsaturated/α-hetero) is 1. The molecule has 2 N–H and O–H groups in total. The fourth-order valence-corrected chi connectivity index (χ4v) is 3.56. The minimum absolute atomic E-state index is 0.0255. The number of para-hydroxylation sites is 1. The number of carbonyl (C=O) groups is 2. The second kappa shape index (κ2) is 6.21. The molecule has 22 heavy (non-hydrogen) atoms. The van der Waals surface area contributed by atoms with Crippen LogP contribution < -0.4 is 10.5 Å². The highest BCUT2D eigenvalue weighted by Gasteiger charge is 2.61. The number of ether oxygens (including phenoxy) is 1. The summed E-state index contributed by atoms with van der Waals surface area (Å²) in [4.78, 5) is 22.2. The van der Waals surface area contributed by atoms with E-state index in [1.54, 1.807) is 24.3 Å². The van der Waals surface area contributed by atoms with Crippen molar-refractivity contribution in [3.05, 3.63) is 30.3 Å². The standard InChI is InChI=1S/C10H16O.C8H9NO2/c1-9(2)7-4-5-10(9,3)8(11)6-7;9-6-8(10)11-7-4-2-1-3-5-7/h7H,4-6H2,1-3H3;1-5H,6,9H2. The van der Waals surface area contributed by atoms with Crippen LogP contribution in [0.5, 0.6) is 5.75 Å². The molecule has 2 fully saturated rings. The minimum atomic E-state index is -0.420. The number of rotatable bonds is 2. The second-order valence-electron chi connectivity index (χ2n) is 6.91. The largest absolute Gasteiger partial charge is 0.426 e. The van der Waals surface area contributed by atoms with Gasteiger partial charge in [-0.2, -0.15) is 0 Å². The highest BCUT2D eigenvalue weighted by molar-refractivity contribution is 5.89. The van der Waals surface area contributed by atoms with E-state index in [-0.39, 0.29) is 17.4 Å². The molecule has 2 aliphatic carbocycles. The number of ketones is 1. The lowest BCUT2D eigenvalue weighted by molar-refractivity contribution is -0.132. The Balaban J connectivity index is 0.000000160. The lowest BCUT2D eigenvalue weighted by Gasteiger charge is -2.32. The van der Waals surface area contributed by atoms with Gasteiger partial charge in [0.25, 0.3) is 0 Å². The number of carbonyl (C=O) groups excluding carboxylic acids is 2. The van der Waals surface area contributed by atoms with Gasteiger partial charge in [0, 0.05) is 11.8 Å². The van der Waals surface area contributed by atoms with Gasteiger partial charge in [-0.3, -0.25) is 9.59 Å². The second-order valence-corrected chi connectivity index (χ2v) is 6.91. The van der Waals surface area contributed by atoms with Crippen LogP contribution in [-0.4, -0.2) is 18.3 Å². The molecule has 0 saturated heterocycles. The van der Waals surface area contributed by atoms with Gasteiger partial charge in [0.2, 0.25) is 0 Å². The number of fused-ring (bicyclic) bond motifs is 2. The smallest absolute Gasteiger partial charge is 0.325 e. The molecule has 1 aromatic rings. The predicted octanol–water partition coefficient (Wildman–Crippen LogP) is 2.95. The third kappa shape index (κ3) is 2.93. The Bertz CT molecular complexity index is 553. The fraction of sp³-hybridized carbons (Fsp3) is 0.556. The van der Waals surface area contributed by atoms with E-state index in [1.165, 1.54) is 6.42 Å². The molecule has 2 aliphatic rings. The fourth-order valence-electron chi connectivity index (χ4n) is 3.56. The highest BCUT2D eigenvalue weighted by atomic mass is 16.5. The molecule has 0 heterocycles. The maximum Gasteiger partial charge on any atom is 0.325 e. The lowest BCUT2D eigenvalue weighted by Crippen LogP contribution is -2.32. The van der Waals surface area contributed by atoms with Crippen molar-refractivity contribution in [2.75, 3.05) is 6.54 Å². The molecular weight excluding hydrogens is 278 g/mol. The molecule has 1 aromatic carbocycles. The van der Waals surface area contributed by atoms with Gasteiger partial charge >= 0.3 is 5.97 Å². The Kier molecular flexibility index (Phi) is 4.71. The van der Waals surface area contributed by atoms with Crippen LogP contribution in [0.15, 0.2) is 30.3 Å². The first kappa shape index (κ1) is 16.7. The van der Waals surface area contributed by atoms with Crippen molar-refractivity contribution >= 4 is 11.8 Å². The van der Waals surface area contributed by atoms with E-state index in [2.05, 4.69) is 20.8 Å². The van der Waals surface area contributed by atoms with E-state index < -0.39 is 5.97 Å². The molecule has 0 amide bonds. The van der Waals surface area contributed by atoms with Crippen molar-refractivity contribution in [1.29, 1.82) is 0 Å². The zero-order chi connectivity index (χ0) is 16.4. The molecular formula is C18H25NO3. The molecule has 0 aromatic heterocycles. The van der Waals surface area contributed by atoms with Gasteiger partial charge < -0.3 is 10.5 Å². The van der Waals surface area contributed by atoms with Crippen molar-refractivity contribution in [2.45, 2.75) is 40.0 Å². The SMILES string of the molecule is CC12CCC(CC1=O)C2(C)C.NCC(=O)Oc1ccccc1. The third-order valence-corrected chi connectivity index (χ3v) is 5.62. The zero-order valence-electron chi connectivity index (χ0n) is 13.6. The Morgan fingerprint density at radius 2 is 1.91 bits per heavy atom. The first-order valence-electron chi connectivity index (χ1n) is 7.80. The molecule has 2 bridgehead atoms. The average Bonchev–Trinajstić information content (AvgIpc) is 2.82. The van der Waals surface area contributed by atoms with Crippen LogP contribution in [0.4, 0.5) is 0 Å². The maximum absolute atomic E-state index is 11.6. The predicted molar refractivity (Wildman–Crippen MR) is 85.4 cm³/mol. The molecule has 4 nitrogen and oxygen atoms in total. The number of nitrogens with two attached hydrogens (primary N) is 1. The van der Waals surface area contributed by atoms with Crippen LogP contribution in [-0.2, 0) is 9.59 Å². The van der Waals surface area contributed by atoms with Gasteiger partial charge in [-0.05, 0) is 36.3 Å². The van der Waals surface area contributed by atoms with Crippen LogP contribution in [0.25, 0.3) is 0 Å². The van der Waals surface area contributed by atoms with E-state index in [0.29, 0.717) is 17.5 Å². The van der Waals surface area contributed by atoms with Gasteiger partial charge in [-0.25, -0.2) is 0 Å². The van der Waals surface area contributed by atoms with E-state index in [4.69, 9.17) is 10.5 Å². The summed E-state index contributed by atoms with van der Waals surface area (Å²) >= 11 is 0. The van der Waals surface area contributed by atoms with Crippen LogP contribution >= 0.6 is 0 Å². The van der Waals surface area contributed by atoms with Crippen molar-refractivity contribution in [2.24, 2.45) is 22.5 Å². The Hall–Kier alpha value is -1.68. The van der Waals surface area contributed by atoms with Gasteiger partial charge in [0.05, 0.1) is 6.54 Å². The molecule has 0 radical (unpaired) electrons. The zero-order valence-corrected chi connectivity index (χ0v) is 13.6. The van der Waals surface area contributed by atoms with Crippen molar-refractivity contribution in [3.8, 4) is 5.75 Å². The molecule has 2 unspecified atom stereocenters. The van der Waals surface area contributed by atoms with Crippen LogP contribution in [0.2, 0.25) is 0 Å². The third-order valence-electron chi connectivity index (χ3n) is 5.62. The first-order valence-corrected chi connectivity index (χ1v) is 7.80. The molecule has 120 valence electrons. The molecule has 2 saturated carbocycles. The Morgan fingerprint density at radius 1 is 1.27 bits per heavy atom. The number of hydrogen-bond acceptors (Lipinski definition) is 4. The van der Waals surface area contributed by atoms with Crippen molar-refractivity contribution < 1.29 is 14.3 Å². The highest BCUT2D eigenvalue weighted by Crippen LogP contribution is 2.63. The first-order chi connectivity index (χ1) is 10.3. The quantitative estimate of drug-likeness (QED) is 0.673. The van der Waals surface area contributed by atoms with E-state index in [1.807, 2.05) is 6.07 Å². The molecule has 4 heteroatoms. The van der Waals surface area contributed by atoms with Gasteiger partial charge in [-0.15, -0.1) is 0 Å². The number of hydrogen-bond donors (Lipinski definition) is 1. The summed E-state index contributed by atoms with van der Waals surface area (Å²) < 4.78 is 4.80. The molecule has 0 spiro atoms. The van der Waals surface area contributed by atoms with E-state index in [0.717, 1.165) is 12.8 Å². The topological polar surface area (TPSA) is 69.4 Å². The van der Waals surface area contributed by atoms with Crippen molar-refractivity contribution in [3.63, 3.8) is 0 Å². The van der Waals surface area contributed by atoms with Gasteiger partial charge in [0.15, 0.2) is 0 Å². The van der Waals surface area contributed by atoms with Crippen LogP contribution in [0.3, 0.4) is 0 Å².